The summed E-state index contributed by atoms with van der Waals surface area (Å²) >= 11 is 0. The van der Waals surface area contributed by atoms with Gasteiger partial charge in [-0.2, -0.15) is 0 Å². The number of aryl methyl sites for hydroxylation is 1. The van der Waals surface area contributed by atoms with Crippen LogP contribution in [-0.4, -0.2) is 29.9 Å². The third kappa shape index (κ3) is 3.58. The van der Waals surface area contributed by atoms with Crippen LogP contribution >= 0.6 is 12.4 Å². The highest BCUT2D eigenvalue weighted by Gasteiger charge is 2.32. The van der Waals surface area contributed by atoms with E-state index in [2.05, 4.69) is 41.4 Å². The van der Waals surface area contributed by atoms with Gasteiger partial charge in [-0.25, -0.2) is 0 Å². The fourth-order valence-electron chi connectivity index (χ4n) is 3.61. The Hall–Kier alpha value is -1.06. The lowest BCUT2D eigenvalue weighted by molar-refractivity contribution is -0.132. The zero-order valence-corrected chi connectivity index (χ0v) is 13.5. The number of carbonyl (C=O) groups is 1. The second-order valence-corrected chi connectivity index (χ2v) is 6.10. The topological polar surface area (TPSA) is 32.3 Å². The average molecular weight is 309 g/mol. The number of halogens is 1. The number of amides is 1. The van der Waals surface area contributed by atoms with Crippen LogP contribution in [0.15, 0.2) is 24.3 Å². The minimum absolute atomic E-state index is 0. The fourth-order valence-corrected chi connectivity index (χ4v) is 3.61. The van der Waals surface area contributed by atoms with Crippen molar-refractivity contribution in [3.8, 4) is 0 Å². The second-order valence-electron chi connectivity index (χ2n) is 6.10. The van der Waals surface area contributed by atoms with E-state index in [4.69, 9.17) is 0 Å². The third-order valence-corrected chi connectivity index (χ3v) is 4.70. The van der Waals surface area contributed by atoms with Gasteiger partial charge in [0.15, 0.2) is 0 Å². The van der Waals surface area contributed by atoms with Gasteiger partial charge in [0.2, 0.25) is 5.91 Å². The number of nitrogens with one attached hydrogen (secondary N) is 1. The van der Waals surface area contributed by atoms with Gasteiger partial charge >= 0.3 is 0 Å². The summed E-state index contributed by atoms with van der Waals surface area (Å²) in [6, 6.07) is 9.18. The molecule has 3 rings (SSSR count). The van der Waals surface area contributed by atoms with Crippen LogP contribution in [0.5, 0.6) is 0 Å². The lowest BCUT2D eigenvalue weighted by Gasteiger charge is -2.27. The molecule has 4 heteroatoms. The number of benzene rings is 1. The Morgan fingerprint density at radius 3 is 2.81 bits per heavy atom. The van der Waals surface area contributed by atoms with Crippen LogP contribution in [0.1, 0.15) is 49.3 Å². The van der Waals surface area contributed by atoms with Crippen LogP contribution in [0.25, 0.3) is 0 Å². The molecular weight excluding hydrogens is 284 g/mol. The van der Waals surface area contributed by atoms with Crippen LogP contribution in [0.3, 0.4) is 0 Å². The summed E-state index contributed by atoms with van der Waals surface area (Å²) < 4.78 is 0. The summed E-state index contributed by atoms with van der Waals surface area (Å²) in [5.41, 5.74) is 2.63. The van der Waals surface area contributed by atoms with E-state index in [1.165, 1.54) is 17.5 Å². The number of hydrogen-bond donors (Lipinski definition) is 1. The Morgan fingerprint density at radius 1 is 1.29 bits per heavy atom. The fraction of sp³-hybridized carbons (Fsp3) is 0.588. The molecule has 2 unspecified atom stereocenters. The Kier molecular flexibility index (Phi) is 5.65. The molecule has 1 amide bonds. The molecule has 1 aromatic rings. The highest BCUT2D eigenvalue weighted by atomic mass is 35.5. The monoisotopic (exact) mass is 308 g/mol. The zero-order chi connectivity index (χ0) is 13.9. The maximum absolute atomic E-state index is 12.6. The molecule has 2 heterocycles. The average Bonchev–Trinajstić information content (AvgIpc) is 3.09. The van der Waals surface area contributed by atoms with Gasteiger partial charge in [0, 0.05) is 19.0 Å². The van der Waals surface area contributed by atoms with Crippen molar-refractivity contribution < 1.29 is 4.79 Å². The largest absolute Gasteiger partial charge is 0.336 e. The number of carbonyl (C=O) groups excluding carboxylic acids is 1. The summed E-state index contributed by atoms with van der Waals surface area (Å²) in [5.74, 6) is 0.329. The second kappa shape index (κ2) is 7.28. The van der Waals surface area contributed by atoms with Gasteiger partial charge in [-0.3, -0.25) is 4.79 Å². The summed E-state index contributed by atoms with van der Waals surface area (Å²) in [4.78, 5) is 14.7. The highest BCUT2D eigenvalue weighted by Crippen LogP contribution is 2.34. The van der Waals surface area contributed by atoms with Crippen LogP contribution in [0.4, 0.5) is 0 Å². The molecule has 0 aromatic heterocycles. The summed E-state index contributed by atoms with van der Waals surface area (Å²) in [5, 5.41) is 3.43. The molecule has 116 valence electrons. The molecule has 21 heavy (non-hydrogen) atoms. The van der Waals surface area contributed by atoms with Crippen molar-refractivity contribution in [1.29, 1.82) is 0 Å². The molecule has 1 aromatic carbocycles. The predicted molar refractivity (Wildman–Crippen MR) is 87.8 cm³/mol. The van der Waals surface area contributed by atoms with Crippen molar-refractivity contribution in [2.75, 3.05) is 13.1 Å². The minimum atomic E-state index is 0. The first-order valence-corrected chi connectivity index (χ1v) is 7.84. The molecular formula is C17H25ClN2O. The van der Waals surface area contributed by atoms with E-state index in [-0.39, 0.29) is 12.4 Å². The Balaban J connectivity index is 0.00000161. The first kappa shape index (κ1) is 16.3. The molecule has 0 aliphatic carbocycles. The van der Waals surface area contributed by atoms with E-state index < -0.39 is 0 Å². The highest BCUT2D eigenvalue weighted by molar-refractivity contribution is 5.85. The lowest BCUT2D eigenvalue weighted by Crippen LogP contribution is -2.35. The first-order valence-electron chi connectivity index (χ1n) is 7.84. The van der Waals surface area contributed by atoms with Crippen molar-refractivity contribution in [2.24, 2.45) is 0 Å². The number of nitrogens with zero attached hydrogens (tertiary/aromatic N) is 1. The molecule has 3 nitrogen and oxygen atoms in total. The molecule has 1 N–H and O–H groups in total. The first-order chi connectivity index (χ1) is 9.75. The Bertz CT molecular complexity index is 485. The van der Waals surface area contributed by atoms with Crippen molar-refractivity contribution in [3.63, 3.8) is 0 Å². The van der Waals surface area contributed by atoms with Gasteiger partial charge in [0.1, 0.15) is 0 Å². The van der Waals surface area contributed by atoms with Gasteiger partial charge in [-0.15, -0.1) is 12.4 Å². The van der Waals surface area contributed by atoms with E-state index in [0.29, 0.717) is 24.4 Å². The maximum atomic E-state index is 12.6. The van der Waals surface area contributed by atoms with Crippen LogP contribution < -0.4 is 5.32 Å². The molecule has 0 radical (unpaired) electrons. The smallest absolute Gasteiger partial charge is 0.224 e. The normalized spacial score (nSPS) is 24.9. The van der Waals surface area contributed by atoms with E-state index in [1.807, 2.05) is 0 Å². The number of hydrogen-bond acceptors (Lipinski definition) is 2. The summed E-state index contributed by atoms with van der Waals surface area (Å²) in [7, 11) is 0. The summed E-state index contributed by atoms with van der Waals surface area (Å²) in [6.07, 6.45) is 5.26. The van der Waals surface area contributed by atoms with Crippen molar-refractivity contribution >= 4 is 18.3 Å². The molecule has 0 spiro atoms. The van der Waals surface area contributed by atoms with E-state index in [0.717, 1.165) is 32.4 Å². The number of likely N-dealkylation sites (tertiary alicyclic amines) is 1. The van der Waals surface area contributed by atoms with Gasteiger partial charge in [-0.05, 0) is 50.3 Å². The quantitative estimate of drug-likeness (QED) is 0.930. The molecule has 2 aliphatic heterocycles. The predicted octanol–water partition coefficient (Wildman–Crippen LogP) is 3.22. The van der Waals surface area contributed by atoms with Crippen molar-refractivity contribution in [3.05, 3.63) is 35.4 Å². The Morgan fingerprint density at radius 2 is 2.10 bits per heavy atom. The van der Waals surface area contributed by atoms with Gasteiger partial charge < -0.3 is 10.2 Å². The molecule has 2 atom stereocenters. The third-order valence-electron chi connectivity index (χ3n) is 4.70. The maximum Gasteiger partial charge on any atom is 0.224 e. The summed E-state index contributed by atoms with van der Waals surface area (Å²) in [6.45, 7) is 4.14. The molecule has 2 saturated heterocycles. The van der Waals surface area contributed by atoms with Crippen LogP contribution in [0, 0.1) is 6.92 Å². The molecule has 2 fully saturated rings. The molecule has 2 aliphatic rings. The van der Waals surface area contributed by atoms with E-state index >= 15 is 0 Å². The van der Waals surface area contributed by atoms with Crippen molar-refractivity contribution in [1.82, 2.24) is 10.2 Å². The minimum Gasteiger partial charge on any atom is -0.336 e. The SMILES string of the molecule is Cc1ccccc1C1CCCN1C(=O)CC1CCCN1.Cl. The van der Waals surface area contributed by atoms with Gasteiger partial charge in [-0.1, -0.05) is 24.3 Å². The van der Waals surface area contributed by atoms with E-state index in [9.17, 15) is 4.79 Å². The standard InChI is InChI=1S/C17H24N2O.ClH/c1-13-6-2-3-8-15(13)16-9-5-11-19(16)17(20)12-14-7-4-10-18-14;/h2-3,6,8,14,16,18H,4-5,7,9-12H2,1H3;1H. The van der Waals surface area contributed by atoms with E-state index in [1.54, 1.807) is 0 Å². The van der Waals surface area contributed by atoms with Crippen LogP contribution in [0.2, 0.25) is 0 Å². The molecule has 0 saturated carbocycles. The lowest BCUT2D eigenvalue weighted by atomic mass is 9.99. The Labute approximate surface area is 133 Å². The van der Waals surface area contributed by atoms with Crippen LogP contribution in [-0.2, 0) is 4.79 Å². The molecule has 0 bridgehead atoms. The van der Waals surface area contributed by atoms with Gasteiger partial charge in [0.25, 0.3) is 0 Å². The van der Waals surface area contributed by atoms with Crippen molar-refractivity contribution in [2.45, 2.75) is 51.1 Å². The zero-order valence-electron chi connectivity index (χ0n) is 12.7. The number of rotatable bonds is 3. The van der Waals surface area contributed by atoms with Gasteiger partial charge in [0.05, 0.1) is 6.04 Å².